The number of carbonyl (C=O) groups excluding carboxylic acids is 4. The van der Waals surface area contributed by atoms with E-state index < -0.39 is 48.0 Å². The van der Waals surface area contributed by atoms with Crippen LogP contribution >= 0.6 is 0 Å². The van der Waals surface area contributed by atoms with Gasteiger partial charge in [0.15, 0.2) is 11.6 Å². The summed E-state index contributed by atoms with van der Waals surface area (Å²) >= 11 is 0. The van der Waals surface area contributed by atoms with E-state index in [1.165, 1.54) is 26.4 Å². The average molecular weight is 813 g/mol. The summed E-state index contributed by atoms with van der Waals surface area (Å²) in [5, 5.41) is 5.29. The summed E-state index contributed by atoms with van der Waals surface area (Å²) in [7, 11) is 2.49. The number of benzene rings is 3. The molecule has 16 heteroatoms. The van der Waals surface area contributed by atoms with Crippen LogP contribution < -0.4 is 10.6 Å². The van der Waals surface area contributed by atoms with Crippen molar-refractivity contribution < 1.29 is 37.4 Å². The number of aromatic amines is 2. The summed E-state index contributed by atoms with van der Waals surface area (Å²) in [4.78, 5) is 70.4. The van der Waals surface area contributed by atoms with E-state index in [2.05, 4.69) is 30.6 Å². The van der Waals surface area contributed by atoms with Gasteiger partial charge >= 0.3 is 12.2 Å². The van der Waals surface area contributed by atoms with Gasteiger partial charge in [0.1, 0.15) is 34.8 Å². The van der Waals surface area contributed by atoms with Crippen molar-refractivity contribution in [3.05, 3.63) is 71.3 Å². The molecule has 7 rings (SSSR count). The highest BCUT2D eigenvalue weighted by atomic mass is 19.1. The first-order valence-corrected chi connectivity index (χ1v) is 20.0. The largest absolute Gasteiger partial charge is 0.453 e. The van der Waals surface area contributed by atoms with Crippen molar-refractivity contribution in [2.24, 2.45) is 11.8 Å². The lowest BCUT2D eigenvalue weighted by molar-refractivity contribution is -0.136. The third-order valence-corrected chi connectivity index (χ3v) is 11.5. The number of rotatable bonds is 10. The van der Waals surface area contributed by atoms with Crippen LogP contribution in [0.3, 0.4) is 0 Å². The minimum Gasteiger partial charge on any atom is -0.453 e. The molecule has 2 fully saturated rings. The number of fused-ring (bicyclic) bond motifs is 2. The molecule has 59 heavy (non-hydrogen) atoms. The number of aryl methyl sites for hydroxylation is 1. The molecule has 4 heterocycles. The maximum Gasteiger partial charge on any atom is 0.407 e. The Morgan fingerprint density at radius 3 is 1.59 bits per heavy atom. The number of nitrogens with zero attached hydrogens (tertiary/aromatic N) is 4. The summed E-state index contributed by atoms with van der Waals surface area (Å²) in [5.41, 5.74) is 4.86. The Hall–Kier alpha value is -6.06. The fourth-order valence-corrected chi connectivity index (χ4v) is 8.38. The normalized spacial score (nSPS) is 17.9. The fourth-order valence-electron chi connectivity index (χ4n) is 8.38. The molecule has 0 unspecified atom stereocenters. The highest BCUT2D eigenvalue weighted by Crippen LogP contribution is 2.37. The maximum atomic E-state index is 15.8. The number of alkyl carbamates (subject to hydrolysis) is 2. The van der Waals surface area contributed by atoms with Gasteiger partial charge in [-0.05, 0) is 96.5 Å². The van der Waals surface area contributed by atoms with Gasteiger partial charge in [0.2, 0.25) is 11.8 Å². The van der Waals surface area contributed by atoms with E-state index in [1.807, 2.05) is 65.0 Å². The molecule has 0 saturated carbocycles. The molecule has 4 atom stereocenters. The van der Waals surface area contributed by atoms with Crippen LogP contribution in [0.4, 0.5) is 18.4 Å². The molecule has 2 aromatic heterocycles. The number of hydrogen-bond acceptors (Lipinski definition) is 8. The number of hydrogen-bond donors (Lipinski definition) is 4. The Morgan fingerprint density at radius 2 is 1.15 bits per heavy atom. The van der Waals surface area contributed by atoms with Crippen LogP contribution in [0.25, 0.3) is 44.3 Å². The zero-order chi connectivity index (χ0) is 42.3. The van der Waals surface area contributed by atoms with Crippen molar-refractivity contribution in [3.8, 4) is 22.3 Å². The second-order valence-electron chi connectivity index (χ2n) is 16.1. The number of likely N-dealkylation sites (tertiary alicyclic amines) is 2. The van der Waals surface area contributed by atoms with Crippen molar-refractivity contribution in [2.75, 3.05) is 27.3 Å². The second kappa shape index (κ2) is 16.7. The number of methoxy groups -OCH3 is 2. The van der Waals surface area contributed by atoms with Gasteiger partial charge in [0.25, 0.3) is 0 Å². The lowest BCUT2D eigenvalue weighted by Gasteiger charge is -2.29. The van der Waals surface area contributed by atoms with Gasteiger partial charge in [-0.15, -0.1) is 0 Å². The van der Waals surface area contributed by atoms with Gasteiger partial charge in [-0.3, -0.25) is 9.59 Å². The van der Waals surface area contributed by atoms with Crippen LogP contribution in [-0.4, -0.2) is 93.1 Å². The van der Waals surface area contributed by atoms with E-state index in [4.69, 9.17) is 9.47 Å². The summed E-state index contributed by atoms with van der Waals surface area (Å²) in [6, 6.07) is 9.74. The van der Waals surface area contributed by atoms with Gasteiger partial charge in [0.05, 0.1) is 37.3 Å². The summed E-state index contributed by atoms with van der Waals surface area (Å²) in [6.07, 6.45) is 1.33. The number of amides is 4. The van der Waals surface area contributed by atoms with Crippen LogP contribution in [0.15, 0.2) is 42.5 Å². The Kier molecular flexibility index (Phi) is 11.6. The minimum atomic E-state index is -0.793. The van der Waals surface area contributed by atoms with Gasteiger partial charge in [-0.1, -0.05) is 45.9 Å². The molecule has 312 valence electrons. The van der Waals surface area contributed by atoms with Crippen LogP contribution in [0.1, 0.15) is 82.7 Å². The molecule has 14 nitrogen and oxygen atoms in total. The molecule has 0 radical (unpaired) electrons. The molecule has 0 spiro atoms. The lowest BCUT2D eigenvalue weighted by Crippen LogP contribution is -2.51. The van der Waals surface area contributed by atoms with E-state index in [0.29, 0.717) is 59.7 Å². The number of aromatic nitrogens is 4. The molecule has 3 aromatic carbocycles. The Bertz CT molecular complexity index is 2430. The Morgan fingerprint density at radius 1 is 0.695 bits per heavy atom. The molecular weight excluding hydrogens is 763 g/mol. The second-order valence-corrected chi connectivity index (χ2v) is 16.1. The van der Waals surface area contributed by atoms with Crippen LogP contribution in [-0.2, 0) is 19.1 Å². The van der Waals surface area contributed by atoms with Crippen LogP contribution in [0, 0.1) is 30.4 Å². The summed E-state index contributed by atoms with van der Waals surface area (Å²) in [6.45, 7) is 10.2. The number of imidazole rings is 2. The molecule has 0 aliphatic carbocycles. The molecule has 5 aromatic rings. The predicted octanol–water partition coefficient (Wildman–Crippen LogP) is 7.45. The summed E-state index contributed by atoms with van der Waals surface area (Å²) in [5.74, 6) is -0.990. The van der Waals surface area contributed by atoms with E-state index in [9.17, 15) is 19.2 Å². The third-order valence-electron chi connectivity index (χ3n) is 11.5. The van der Waals surface area contributed by atoms with Crippen molar-refractivity contribution in [2.45, 2.75) is 84.5 Å². The average Bonchev–Trinajstić information content (AvgIpc) is 4.03. The first kappa shape index (κ1) is 41.1. The number of nitrogens with one attached hydrogen (secondary N) is 4. The van der Waals surface area contributed by atoms with Crippen LogP contribution in [0.2, 0.25) is 0 Å². The van der Waals surface area contributed by atoms with Gasteiger partial charge < -0.3 is 39.9 Å². The van der Waals surface area contributed by atoms with Crippen LogP contribution in [0.5, 0.6) is 0 Å². The molecule has 2 aliphatic heterocycles. The van der Waals surface area contributed by atoms with E-state index >= 15 is 8.78 Å². The maximum absolute atomic E-state index is 15.8. The quantitative estimate of drug-likeness (QED) is 0.113. The van der Waals surface area contributed by atoms with E-state index in [1.54, 1.807) is 9.80 Å². The standard InChI is InChI=1S/C43H50F2N8O6/c1-21(2)34(50-42(56)58-6)40(54)52-14-8-10-32(52)38-46-30-19-25(17-28(44)36(30)48-38)24-12-13-27(23(5)16-24)26-18-29(45)37-31(20-26)47-39(49-37)33-11-9-15-53(33)41(55)35(22(3)4)51-43(57)59-7/h12-13,16-22,32-35H,8-11,14-15H2,1-7H3,(H,46,48)(H,47,49)(H,50,56)(H,51,57)/t32-,33-,34-,35-/m0/s1. The zero-order valence-corrected chi connectivity index (χ0v) is 34.2. The smallest absolute Gasteiger partial charge is 0.407 e. The molecule has 4 amide bonds. The fraction of sp³-hybridized carbons (Fsp3) is 0.442. The Balaban J connectivity index is 1.13. The highest BCUT2D eigenvalue weighted by molar-refractivity contribution is 5.89. The van der Waals surface area contributed by atoms with Crippen molar-refractivity contribution in [1.29, 1.82) is 0 Å². The predicted molar refractivity (Wildman–Crippen MR) is 217 cm³/mol. The Labute approximate surface area is 340 Å². The number of ether oxygens (including phenoxy) is 2. The van der Waals surface area contributed by atoms with Crippen molar-refractivity contribution in [3.63, 3.8) is 0 Å². The number of carbonyl (C=O) groups is 4. The SMILES string of the molecule is COC(=O)N[C@H](C(=O)N1CCC[C@H]1c1nc2c(F)cc(-c3ccc(-c4cc(F)c5nc([C@@H]6CCCN6C(=O)[C@@H](NC(=O)OC)C(C)C)[nH]c5c4)c(C)c3)cc2[nH]1)C(C)C. The number of H-pyrrole nitrogens is 2. The van der Waals surface area contributed by atoms with Gasteiger partial charge in [0, 0.05) is 13.1 Å². The van der Waals surface area contributed by atoms with E-state index in [-0.39, 0.29) is 34.7 Å². The molecule has 2 aliphatic rings. The minimum absolute atomic E-state index is 0.162. The lowest BCUT2D eigenvalue weighted by atomic mass is 9.95. The zero-order valence-electron chi connectivity index (χ0n) is 34.2. The number of halogens is 2. The molecular formula is C43H50F2N8O6. The first-order chi connectivity index (χ1) is 28.2. The highest BCUT2D eigenvalue weighted by Gasteiger charge is 2.39. The topological polar surface area (TPSA) is 175 Å². The van der Waals surface area contributed by atoms with Gasteiger partial charge in [-0.2, -0.15) is 0 Å². The van der Waals surface area contributed by atoms with Gasteiger partial charge in [-0.25, -0.2) is 28.3 Å². The van der Waals surface area contributed by atoms with E-state index in [0.717, 1.165) is 29.5 Å². The van der Waals surface area contributed by atoms with Crippen molar-refractivity contribution >= 4 is 46.1 Å². The molecule has 0 bridgehead atoms. The molecule has 4 N–H and O–H groups in total. The first-order valence-electron chi connectivity index (χ1n) is 20.0. The third kappa shape index (κ3) is 8.04. The van der Waals surface area contributed by atoms with Crippen molar-refractivity contribution in [1.82, 2.24) is 40.4 Å². The molecule has 2 saturated heterocycles. The summed E-state index contributed by atoms with van der Waals surface area (Å²) < 4.78 is 41.0. The monoisotopic (exact) mass is 812 g/mol.